The van der Waals surface area contributed by atoms with E-state index in [1.165, 1.54) is 10.6 Å². The standard InChI is InChI=1S/C13H17ClN2O4S/c1-21(18,19)16-8-6-15(7-9-16)13(17)10-20-12-4-2-11(14)3-5-12/h2-5H,6-10H2,1H3. The van der Waals surface area contributed by atoms with E-state index in [-0.39, 0.29) is 12.5 Å². The first-order valence-electron chi connectivity index (χ1n) is 6.47. The Hall–Kier alpha value is -1.31. The minimum absolute atomic E-state index is 0.0689. The normalized spacial score (nSPS) is 16.8. The highest BCUT2D eigenvalue weighted by Crippen LogP contribution is 2.15. The van der Waals surface area contributed by atoms with Crippen molar-refractivity contribution in [3.63, 3.8) is 0 Å². The lowest BCUT2D eigenvalue weighted by Crippen LogP contribution is -2.51. The highest BCUT2D eigenvalue weighted by atomic mass is 35.5. The smallest absolute Gasteiger partial charge is 0.260 e. The Kier molecular flexibility index (Phi) is 5.08. The lowest BCUT2D eigenvalue weighted by atomic mass is 10.3. The molecule has 1 aliphatic rings. The van der Waals surface area contributed by atoms with Crippen molar-refractivity contribution >= 4 is 27.5 Å². The highest BCUT2D eigenvalue weighted by molar-refractivity contribution is 7.88. The Bertz CT molecular complexity index is 595. The number of halogens is 1. The molecule has 1 heterocycles. The van der Waals surface area contributed by atoms with Crippen molar-refractivity contribution in [3.05, 3.63) is 29.3 Å². The van der Waals surface area contributed by atoms with Crippen LogP contribution >= 0.6 is 11.6 Å². The number of carbonyl (C=O) groups excluding carboxylic acids is 1. The molecular weight excluding hydrogens is 316 g/mol. The first-order valence-corrected chi connectivity index (χ1v) is 8.70. The molecule has 0 saturated carbocycles. The molecule has 1 aliphatic heterocycles. The second kappa shape index (κ2) is 6.64. The van der Waals surface area contributed by atoms with Crippen LogP contribution in [0.4, 0.5) is 0 Å². The number of nitrogens with zero attached hydrogens (tertiary/aromatic N) is 2. The molecule has 0 bridgehead atoms. The van der Waals surface area contributed by atoms with Crippen LogP contribution in [0, 0.1) is 0 Å². The van der Waals surface area contributed by atoms with E-state index in [4.69, 9.17) is 16.3 Å². The molecule has 0 aliphatic carbocycles. The van der Waals surface area contributed by atoms with E-state index in [0.29, 0.717) is 37.0 Å². The van der Waals surface area contributed by atoms with Gasteiger partial charge in [-0.25, -0.2) is 8.42 Å². The average Bonchev–Trinajstić information content (AvgIpc) is 2.45. The quantitative estimate of drug-likeness (QED) is 0.819. The van der Waals surface area contributed by atoms with E-state index in [0.717, 1.165) is 0 Å². The number of ether oxygens (including phenoxy) is 1. The molecule has 0 aromatic heterocycles. The second-order valence-electron chi connectivity index (χ2n) is 4.79. The summed E-state index contributed by atoms with van der Waals surface area (Å²) in [5.41, 5.74) is 0. The van der Waals surface area contributed by atoms with Gasteiger partial charge in [-0.2, -0.15) is 4.31 Å². The van der Waals surface area contributed by atoms with Gasteiger partial charge in [-0.3, -0.25) is 4.79 Å². The molecule has 1 amide bonds. The maximum absolute atomic E-state index is 12.0. The van der Waals surface area contributed by atoms with Gasteiger partial charge in [0.2, 0.25) is 10.0 Å². The summed E-state index contributed by atoms with van der Waals surface area (Å²) in [4.78, 5) is 13.6. The Morgan fingerprint density at radius 3 is 2.29 bits per heavy atom. The Labute approximate surface area is 129 Å². The molecule has 0 unspecified atom stereocenters. The number of carbonyl (C=O) groups is 1. The summed E-state index contributed by atoms with van der Waals surface area (Å²) in [6, 6.07) is 6.76. The van der Waals surface area contributed by atoms with Crippen LogP contribution in [0.5, 0.6) is 5.75 Å². The molecule has 1 saturated heterocycles. The fourth-order valence-corrected chi connectivity index (χ4v) is 2.99. The third kappa shape index (κ3) is 4.59. The van der Waals surface area contributed by atoms with Gasteiger partial charge in [0, 0.05) is 31.2 Å². The zero-order chi connectivity index (χ0) is 15.5. The second-order valence-corrected chi connectivity index (χ2v) is 7.20. The molecular formula is C13H17ClN2O4S. The summed E-state index contributed by atoms with van der Waals surface area (Å²) in [5.74, 6) is 0.417. The summed E-state index contributed by atoms with van der Waals surface area (Å²) < 4.78 is 29.5. The van der Waals surface area contributed by atoms with Crippen LogP contribution in [0.3, 0.4) is 0 Å². The number of amides is 1. The molecule has 1 aromatic carbocycles. The van der Waals surface area contributed by atoms with Gasteiger partial charge < -0.3 is 9.64 Å². The minimum atomic E-state index is -3.18. The summed E-state index contributed by atoms with van der Waals surface area (Å²) in [6.07, 6.45) is 1.17. The van der Waals surface area contributed by atoms with Crippen molar-refractivity contribution in [2.45, 2.75) is 0 Å². The van der Waals surface area contributed by atoms with Gasteiger partial charge in [-0.15, -0.1) is 0 Å². The fraction of sp³-hybridized carbons (Fsp3) is 0.462. The molecule has 1 fully saturated rings. The number of benzene rings is 1. The van der Waals surface area contributed by atoms with Gasteiger partial charge in [0.25, 0.3) is 5.91 Å². The molecule has 1 aromatic rings. The zero-order valence-corrected chi connectivity index (χ0v) is 13.2. The zero-order valence-electron chi connectivity index (χ0n) is 11.7. The Morgan fingerprint density at radius 2 is 1.76 bits per heavy atom. The van der Waals surface area contributed by atoms with Gasteiger partial charge in [-0.1, -0.05) is 11.6 Å². The van der Waals surface area contributed by atoms with E-state index in [9.17, 15) is 13.2 Å². The van der Waals surface area contributed by atoms with Crippen LogP contribution in [0.15, 0.2) is 24.3 Å². The Balaban J connectivity index is 1.81. The SMILES string of the molecule is CS(=O)(=O)N1CCN(C(=O)COc2ccc(Cl)cc2)CC1. The average molecular weight is 333 g/mol. The van der Waals surface area contributed by atoms with Crippen LogP contribution in [0.2, 0.25) is 5.02 Å². The van der Waals surface area contributed by atoms with Gasteiger partial charge in [0.1, 0.15) is 5.75 Å². The molecule has 0 spiro atoms. The first-order chi connectivity index (χ1) is 9.86. The van der Waals surface area contributed by atoms with Crippen molar-refractivity contribution in [3.8, 4) is 5.75 Å². The topological polar surface area (TPSA) is 66.9 Å². The lowest BCUT2D eigenvalue weighted by Gasteiger charge is -2.33. The number of hydrogen-bond acceptors (Lipinski definition) is 4. The van der Waals surface area contributed by atoms with Crippen molar-refractivity contribution in [1.29, 1.82) is 0 Å². The third-order valence-corrected chi connectivity index (χ3v) is 4.79. The van der Waals surface area contributed by atoms with Crippen molar-refractivity contribution in [2.24, 2.45) is 0 Å². The molecule has 116 valence electrons. The number of piperazine rings is 1. The Morgan fingerprint density at radius 1 is 1.19 bits per heavy atom. The van der Waals surface area contributed by atoms with E-state index in [1.807, 2.05) is 0 Å². The van der Waals surface area contributed by atoms with Crippen molar-refractivity contribution in [1.82, 2.24) is 9.21 Å². The van der Waals surface area contributed by atoms with Crippen molar-refractivity contribution < 1.29 is 17.9 Å². The molecule has 0 N–H and O–H groups in total. The monoisotopic (exact) mass is 332 g/mol. The highest BCUT2D eigenvalue weighted by Gasteiger charge is 2.26. The van der Waals surface area contributed by atoms with E-state index >= 15 is 0 Å². The van der Waals surface area contributed by atoms with Crippen molar-refractivity contribution in [2.75, 3.05) is 39.0 Å². The van der Waals surface area contributed by atoms with Gasteiger partial charge in [0.05, 0.1) is 6.26 Å². The summed E-state index contributed by atoms with van der Waals surface area (Å²) >= 11 is 5.76. The largest absolute Gasteiger partial charge is 0.484 e. The van der Waals surface area contributed by atoms with Gasteiger partial charge >= 0.3 is 0 Å². The van der Waals surface area contributed by atoms with Crippen LogP contribution in [-0.4, -0.2) is 62.6 Å². The first kappa shape index (κ1) is 16.1. The predicted molar refractivity (Wildman–Crippen MR) is 79.9 cm³/mol. The predicted octanol–water partition coefficient (Wildman–Crippen LogP) is 0.823. The number of rotatable bonds is 4. The third-order valence-electron chi connectivity index (χ3n) is 3.24. The summed E-state index contributed by atoms with van der Waals surface area (Å²) in [7, 11) is -3.18. The van der Waals surface area contributed by atoms with E-state index in [2.05, 4.69) is 0 Å². The van der Waals surface area contributed by atoms with Crippen LogP contribution in [0.1, 0.15) is 0 Å². The number of hydrogen-bond donors (Lipinski definition) is 0. The van der Waals surface area contributed by atoms with Gasteiger partial charge in [0.15, 0.2) is 6.61 Å². The summed E-state index contributed by atoms with van der Waals surface area (Å²) in [5, 5.41) is 0.602. The van der Waals surface area contributed by atoms with Crippen LogP contribution in [-0.2, 0) is 14.8 Å². The van der Waals surface area contributed by atoms with Crippen LogP contribution in [0.25, 0.3) is 0 Å². The number of sulfonamides is 1. The molecule has 21 heavy (non-hydrogen) atoms. The van der Waals surface area contributed by atoms with E-state index in [1.54, 1.807) is 29.2 Å². The fourth-order valence-electron chi connectivity index (χ4n) is 2.04. The van der Waals surface area contributed by atoms with Gasteiger partial charge in [-0.05, 0) is 24.3 Å². The lowest BCUT2D eigenvalue weighted by molar-refractivity contribution is -0.134. The molecule has 8 heteroatoms. The molecule has 6 nitrogen and oxygen atoms in total. The minimum Gasteiger partial charge on any atom is -0.484 e. The van der Waals surface area contributed by atoms with E-state index < -0.39 is 10.0 Å². The molecule has 0 radical (unpaired) electrons. The molecule has 0 atom stereocenters. The maximum Gasteiger partial charge on any atom is 0.260 e. The maximum atomic E-state index is 12.0. The molecule has 2 rings (SSSR count). The summed E-state index contributed by atoms with van der Waals surface area (Å²) in [6.45, 7) is 1.35. The van der Waals surface area contributed by atoms with Crippen LogP contribution < -0.4 is 4.74 Å².